The highest BCUT2D eigenvalue weighted by molar-refractivity contribution is 5.54. The summed E-state index contributed by atoms with van der Waals surface area (Å²) in [5.41, 5.74) is 8.39. The van der Waals surface area contributed by atoms with Crippen molar-refractivity contribution >= 4 is 0 Å². The molecule has 330 valence electrons. The molecule has 58 heavy (non-hydrogen) atoms. The third-order valence-electron chi connectivity index (χ3n) is 12.3. The van der Waals surface area contributed by atoms with Crippen molar-refractivity contribution in [3.63, 3.8) is 0 Å². The van der Waals surface area contributed by atoms with E-state index in [1.54, 1.807) is 0 Å². The highest BCUT2D eigenvalue weighted by Gasteiger charge is 2.41. The van der Waals surface area contributed by atoms with Gasteiger partial charge in [0.25, 0.3) is 0 Å². The van der Waals surface area contributed by atoms with Crippen LogP contribution in [0.5, 0.6) is 11.5 Å². The van der Waals surface area contributed by atoms with Crippen molar-refractivity contribution in [2.75, 3.05) is 13.2 Å². The van der Waals surface area contributed by atoms with E-state index in [0.29, 0.717) is 13.2 Å². The molecule has 2 saturated heterocycles. The maximum Gasteiger partial charge on any atom is 0.126 e. The minimum Gasteiger partial charge on any atom is -0.490 e. The molecule has 4 unspecified atom stereocenters. The molecule has 4 nitrogen and oxygen atoms in total. The normalized spacial score (nSPS) is 21.0. The molecule has 0 bridgehead atoms. The van der Waals surface area contributed by atoms with Crippen LogP contribution in [0, 0.1) is 21.7 Å². The van der Waals surface area contributed by atoms with E-state index in [1.165, 1.54) is 33.4 Å². The highest BCUT2D eigenvalue weighted by atomic mass is 16.6. The summed E-state index contributed by atoms with van der Waals surface area (Å²) < 4.78 is 25.7. The first-order valence-corrected chi connectivity index (χ1v) is 22.9. The molecule has 4 rings (SSSR count). The third kappa shape index (κ3) is 13.7. The van der Waals surface area contributed by atoms with Crippen LogP contribution in [-0.4, -0.2) is 37.6 Å². The Morgan fingerprint density at radius 1 is 0.397 bits per heavy atom. The summed E-state index contributed by atoms with van der Waals surface area (Å²) in [7, 11) is 0. The summed E-state index contributed by atoms with van der Waals surface area (Å²) in [5.74, 6) is 2.17. The molecule has 2 aliphatic heterocycles. The van der Waals surface area contributed by atoms with Crippen molar-refractivity contribution in [3.8, 4) is 11.5 Å². The van der Waals surface area contributed by atoms with Gasteiger partial charge >= 0.3 is 0 Å². The zero-order chi connectivity index (χ0) is 44.2. The molecule has 2 aliphatic rings. The number of ether oxygens (including phenoxy) is 4. The molecule has 4 heteroatoms. The van der Waals surface area contributed by atoms with Gasteiger partial charge in [-0.2, -0.15) is 0 Å². The lowest BCUT2D eigenvalue weighted by Gasteiger charge is -2.39. The van der Waals surface area contributed by atoms with Crippen molar-refractivity contribution in [2.45, 2.75) is 237 Å². The van der Waals surface area contributed by atoms with Crippen LogP contribution in [0.1, 0.15) is 211 Å². The quantitative estimate of drug-likeness (QED) is 0.149. The number of hydrogen-bond donors (Lipinski definition) is 0. The van der Waals surface area contributed by atoms with Crippen LogP contribution < -0.4 is 9.47 Å². The molecule has 4 atom stereocenters. The summed E-state index contributed by atoms with van der Waals surface area (Å²) in [6.45, 7) is 53.3. The highest BCUT2D eigenvalue weighted by Crippen LogP contribution is 2.50. The SMILES string of the molecule is CC1OC1COc1c(C(C)(C)CC(C)(C)C)cc(CCc2cc(C(C)(C)CC(C)(C)C)c(OCC3OC3C)c(C(C)(C)CC(C)(C)C)c2)cc1C(C)(C)CC(C)(C)C. The maximum absolute atomic E-state index is 6.98. The predicted octanol–water partition coefficient (Wildman–Crippen LogP) is 14.7. The standard InChI is InChI=1S/C54H90O4/c1-35-43(57-35)29-55-45-39(51(15,16)31-47(3,4)5)25-37(26-40(45)52(17,18)32-48(6,7)8)23-24-38-27-41(53(19,20)33-49(9,10)11)46(56-30-44-36(2)58-44)42(28-38)54(21,22)34-50(12,13)14/h25-28,35-36,43-44H,23-24,29-34H2,1-22H3. The first-order chi connectivity index (χ1) is 26.0. The second-order valence-corrected chi connectivity index (χ2v) is 26.4. The van der Waals surface area contributed by atoms with Gasteiger partial charge in [-0.1, -0.05) is 163 Å². The fourth-order valence-corrected chi connectivity index (χ4v) is 11.1. The zero-order valence-corrected chi connectivity index (χ0v) is 41.9. The van der Waals surface area contributed by atoms with Gasteiger partial charge in [-0.3, -0.25) is 0 Å². The van der Waals surface area contributed by atoms with Crippen LogP contribution in [-0.2, 0) is 44.0 Å². The summed E-state index contributed by atoms with van der Waals surface area (Å²) in [5, 5.41) is 0. The van der Waals surface area contributed by atoms with Crippen molar-refractivity contribution < 1.29 is 18.9 Å². The fraction of sp³-hybridized carbons (Fsp3) is 0.778. The average Bonchev–Trinajstić information content (AvgIpc) is 3.89. The van der Waals surface area contributed by atoms with Crippen LogP contribution in [0.25, 0.3) is 0 Å². The van der Waals surface area contributed by atoms with E-state index in [1.807, 2.05) is 0 Å². The smallest absolute Gasteiger partial charge is 0.126 e. The molecule has 0 saturated carbocycles. The second-order valence-electron chi connectivity index (χ2n) is 26.4. The molecule has 2 aromatic rings. The third-order valence-corrected chi connectivity index (χ3v) is 12.3. The number of epoxide rings is 2. The predicted molar refractivity (Wildman–Crippen MR) is 248 cm³/mol. The Morgan fingerprint density at radius 2 is 0.603 bits per heavy atom. The van der Waals surface area contributed by atoms with E-state index < -0.39 is 0 Å². The summed E-state index contributed by atoms with van der Waals surface area (Å²) in [6.07, 6.45) is 6.97. The Bertz CT molecular complexity index is 1490. The molecule has 2 fully saturated rings. The van der Waals surface area contributed by atoms with E-state index in [-0.39, 0.29) is 67.7 Å². The number of benzene rings is 2. The van der Waals surface area contributed by atoms with E-state index in [2.05, 4.69) is 177 Å². The van der Waals surface area contributed by atoms with Crippen LogP contribution in [0.4, 0.5) is 0 Å². The van der Waals surface area contributed by atoms with Gasteiger partial charge < -0.3 is 18.9 Å². The van der Waals surface area contributed by atoms with Crippen molar-refractivity contribution in [1.82, 2.24) is 0 Å². The largest absolute Gasteiger partial charge is 0.490 e. The molecule has 2 aromatic carbocycles. The molecule has 0 amide bonds. The number of rotatable bonds is 17. The first-order valence-electron chi connectivity index (χ1n) is 22.9. The van der Waals surface area contributed by atoms with Gasteiger partial charge in [0.05, 0.1) is 12.2 Å². The Kier molecular flexibility index (Phi) is 14.0. The van der Waals surface area contributed by atoms with Gasteiger partial charge in [-0.05, 0) is 107 Å². The average molecular weight is 803 g/mol. The Hall–Kier alpha value is -2.04. The van der Waals surface area contributed by atoms with E-state index in [0.717, 1.165) is 50.0 Å². The number of aryl methyl sites for hydroxylation is 2. The van der Waals surface area contributed by atoms with Crippen LogP contribution >= 0.6 is 0 Å². The Balaban J connectivity index is 1.92. The molecule has 0 aliphatic carbocycles. The molecule has 2 heterocycles. The minimum absolute atomic E-state index is 0.0950. The summed E-state index contributed by atoms with van der Waals surface area (Å²) in [4.78, 5) is 0. The van der Waals surface area contributed by atoms with Gasteiger partial charge in [-0.25, -0.2) is 0 Å². The second kappa shape index (κ2) is 16.7. The topological polar surface area (TPSA) is 43.5 Å². The Labute approximate surface area is 358 Å². The van der Waals surface area contributed by atoms with Crippen LogP contribution in [0.3, 0.4) is 0 Å². The molecule has 0 N–H and O–H groups in total. The molecule has 0 spiro atoms. The van der Waals surface area contributed by atoms with Gasteiger partial charge in [0.2, 0.25) is 0 Å². The fourth-order valence-electron chi connectivity index (χ4n) is 11.1. The van der Waals surface area contributed by atoms with Gasteiger partial charge in [-0.15, -0.1) is 0 Å². The van der Waals surface area contributed by atoms with E-state index in [4.69, 9.17) is 18.9 Å². The monoisotopic (exact) mass is 803 g/mol. The first kappa shape index (κ1) is 48.6. The number of hydrogen-bond acceptors (Lipinski definition) is 4. The molecule has 0 aromatic heterocycles. The van der Waals surface area contributed by atoms with E-state index in [9.17, 15) is 0 Å². The maximum atomic E-state index is 6.98. The van der Waals surface area contributed by atoms with Gasteiger partial charge in [0, 0.05) is 22.3 Å². The molecule has 0 radical (unpaired) electrons. The van der Waals surface area contributed by atoms with Crippen LogP contribution in [0.2, 0.25) is 0 Å². The van der Waals surface area contributed by atoms with Crippen LogP contribution in [0.15, 0.2) is 24.3 Å². The summed E-state index contributed by atoms with van der Waals surface area (Å²) >= 11 is 0. The minimum atomic E-state index is -0.0950. The molecular weight excluding hydrogens is 713 g/mol. The lowest BCUT2D eigenvalue weighted by molar-refractivity contribution is 0.231. The van der Waals surface area contributed by atoms with E-state index >= 15 is 0 Å². The summed E-state index contributed by atoms with van der Waals surface area (Å²) in [6, 6.07) is 10.0. The zero-order valence-electron chi connectivity index (χ0n) is 41.9. The lowest BCUT2D eigenvalue weighted by atomic mass is 9.67. The van der Waals surface area contributed by atoms with Gasteiger partial charge in [0.15, 0.2) is 0 Å². The lowest BCUT2D eigenvalue weighted by Crippen LogP contribution is -2.30. The van der Waals surface area contributed by atoms with Gasteiger partial charge in [0.1, 0.15) is 36.9 Å². The van der Waals surface area contributed by atoms with Crippen molar-refractivity contribution in [2.24, 2.45) is 21.7 Å². The Morgan fingerprint density at radius 3 is 0.776 bits per heavy atom. The molecular formula is C54H90O4. The van der Waals surface area contributed by atoms with Crippen molar-refractivity contribution in [1.29, 1.82) is 0 Å². The van der Waals surface area contributed by atoms with Crippen molar-refractivity contribution in [3.05, 3.63) is 57.6 Å².